The number of nitrogens with one attached hydrogen (secondary N) is 2. The largest absolute Gasteiger partial charge is 0.381 e. The normalized spacial score (nSPS) is 24.7. The fraction of sp³-hybridized carbons (Fsp3) is 0.800. The van der Waals surface area contributed by atoms with Crippen LogP contribution in [-0.2, 0) is 4.74 Å². The van der Waals surface area contributed by atoms with Gasteiger partial charge in [-0.3, -0.25) is 5.41 Å². The van der Waals surface area contributed by atoms with Crippen molar-refractivity contribution in [2.75, 3.05) is 27.3 Å². The fourth-order valence-electron chi connectivity index (χ4n) is 2.00. The van der Waals surface area contributed by atoms with E-state index < -0.39 is 0 Å². The summed E-state index contributed by atoms with van der Waals surface area (Å²) in [6.45, 7) is 1.45. The first-order valence-corrected chi connectivity index (χ1v) is 5.31. The van der Waals surface area contributed by atoms with Crippen molar-refractivity contribution in [1.82, 2.24) is 10.2 Å². The monoisotopic (exact) mass is 210 g/mol. The lowest BCUT2D eigenvalue weighted by Gasteiger charge is -2.40. The van der Waals surface area contributed by atoms with E-state index in [1.54, 1.807) is 0 Å². The van der Waals surface area contributed by atoms with Crippen LogP contribution in [0.15, 0.2) is 4.99 Å². The van der Waals surface area contributed by atoms with Crippen molar-refractivity contribution >= 4 is 11.7 Å². The molecule has 0 amide bonds. The molecule has 2 N–H and O–H groups in total. The quantitative estimate of drug-likeness (QED) is 0.609. The van der Waals surface area contributed by atoms with Crippen molar-refractivity contribution < 1.29 is 4.74 Å². The Morgan fingerprint density at radius 1 is 1.40 bits per heavy atom. The van der Waals surface area contributed by atoms with Crippen LogP contribution in [-0.4, -0.2) is 49.5 Å². The van der Waals surface area contributed by atoms with Crippen LogP contribution in [0.3, 0.4) is 0 Å². The minimum absolute atomic E-state index is 0.271. The second kappa shape index (κ2) is 3.81. The lowest BCUT2D eigenvalue weighted by atomic mass is 9.98. The number of ether oxygens (including phenoxy) is 1. The maximum Gasteiger partial charge on any atom is 0.136 e. The van der Waals surface area contributed by atoms with E-state index in [1.807, 2.05) is 19.0 Å². The van der Waals surface area contributed by atoms with Gasteiger partial charge in [-0.25, -0.2) is 4.99 Å². The maximum atomic E-state index is 7.81. The molecule has 2 heterocycles. The van der Waals surface area contributed by atoms with E-state index in [4.69, 9.17) is 15.1 Å². The molecule has 0 radical (unpaired) electrons. The molecular formula is C10H18N4O. The predicted molar refractivity (Wildman–Crippen MR) is 59.4 cm³/mol. The summed E-state index contributed by atoms with van der Waals surface area (Å²) in [6.07, 6.45) is 2.31. The molecule has 0 saturated carbocycles. The molecule has 15 heavy (non-hydrogen) atoms. The van der Waals surface area contributed by atoms with Gasteiger partial charge in [-0.05, 0) is 0 Å². The van der Waals surface area contributed by atoms with E-state index in [1.165, 1.54) is 0 Å². The summed E-state index contributed by atoms with van der Waals surface area (Å²) >= 11 is 0. The molecule has 1 fully saturated rings. The molecule has 0 unspecified atom stereocenters. The molecule has 5 nitrogen and oxygen atoms in total. The van der Waals surface area contributed by atoms with Gasteiger partial charge in [0.1, 0.15) is 17.3 Å². The third-order valence-electron chi connectivity index (χ3n) is 2.90. The predicted octanol–water partition coefficient (Wildman–Crippen LogP) is 0.424. The van der Waals surface area contributed by atoms with E-state index in [2.05, 4.69) is 5.32 Å². The third kappa shape index (κ3) is 2.12. The van der Waals surface area contributed by atoms with E-state index in [0.717, 1.165) is 31.9 Å². The van der Waals surface area contributed by atoms with Gasteiger partial charge < -0.3 is 15.0 Å². The molecule has 0 aromatic rings. The van der Waals surface area contributed by atoms with Crippen molar-refractivity contribution in [2.24, 2.45) is 4.99 Å². The van der Waals surface area contributed by atoms with Gasteiger partial charge in [0.25, 0.3) is 0 Å². The Morgan fingerprint density at radius 2 is 2.07 bits per heavy atom. The SMILES string of the molecule is CN(C)C1=NC2(CCOCC2)NC(=N)C1. The van der Waals surface area contributed by atoms with Crippen molar-refractivity contribution in [3.63, 3.8) is 0 Å². The fourth-order valence-corrected chi connectivity index (χ4v) is 2.00. The summed E-state index contributed by atoms with van der Waals surface area (Å²) in [5.41, 5.74) is -0.271. The first kappa shape index (κ1) is 10.4. The van der Waals surface area contributed by atoms with E-state index >= 15 is 0 Å². The lowest BCUT2D eigenvalue weighted by molar-refractivity contribution is 0.0475. The molecule has 2 rings (SSSR count). The highest BCUT2D eigenvalue weighted by Crippen LogP contribution is 2.25. The number of hydrogen-bond acceptors (Lipinski definition) is 4. The Balaban J connectivity index is 2.23. The van der Waals surface area contributed by atoms with Crippen LogP contribution >= 0.6 is 0 Å². The average Bonchev–Trinajstić information content (AvgIpc) is 2.17. The van der Waals surface area contributed by atoms with Gasteiger partial charge >= 0.3 is 0 Å². The van der Waals surface area contributed by atoms with Gasteiger partial charge in [0.15, 0.2) is 0 Å². The Kier molecular flexibility index (Phi) is 2.65. The number of aliphatic imine (C=N–C) groups is 1. The number of rotatable bonds is 0. The van der Waals surface area contributed by atoms with Gasteiger partial charge in [-0.15, -0.1) is 0 Å². The molecule has 1 saturated heterocycles. The summed E-state index contributed by atoms with van der Waals surface area (Å²) in [7, 11) is 3.95. The first-order chi connectivity index (χ1) is 7.11. The molecule has 1 spiro atoms. The Labute approximate surface area is 90.0 Å². The number of hydrogen-bond donors (Lipinski definition) is 2. The standard InChI is InChI=1S/C10H18N4O/c1-14(2)9-7-8(11)12-10(13-9)3-5-15-6-4-10/h3-7H2,1-2H3,(H2,11,12). The van der Waals surface area contributed by atoms with E-state index in [0.29, 0.717) is 12.3 Å². The highest BCUT2D eigenvalue weighted by atomic mass is 16.5. The zero-order chi connectivity index (χ0) is 10.9. The molecule has 2 aliphatic rings. The van der Waals surface area contributed by atoms with Crippen LogP contribution in [0.25, 0.3) is 0 Å². The van der Waals surface area contributed by atoms with Crippen LogP contribution in [0, 0.1) is 5.41 Å². The summed E-state index contributed by atoms with van der Waals surface area (Å²) in [5.74, 6) is 1.55. The molecule has 0 aromatic carbocycles. The van der Waals surface area contributed by atoms with Crippen LogP contribution < -0.4 is 5.32 Å². The molecule has 0 aromatic heterocycles. The molecule has 0 atom stereocenters. The van der Waals surface area contributed by atoms with Gasteiger partial charge in [-0.2, -0.15) is 0 Å². The van der Waals surface area contributed by atoms with Gasteiger partial charge in [0.2, 0.25) is 0 Å². The highest BCUT2D eigenvalue weighted by Gasteiger charge is 2.36. The minimum Gasteiger partial charge on any atom is -0.381 e. The number of nitrogens with zero attached hydrogens (tertiary/aromatic N) is 2. The molecule has 84 valence electrons. The third-order valence-corrected chi connectivity index (χ3v) is 2.90. The maximum absolute atomic E-state index is 7.81. The van der Waals surface area contributed by atoms with Gasteiger partial charge in [0, 0.05) is 26.9 Å². The zero-order valence-electron chi connectivity index (χ0n) is 9.34. The molecule has 0 bridgehead atoms. The molecule has 2 aliphatic heterocycles. The van der Waals surface area contributed by atoms with Crippen molar-refractivity contribution in [3.8, 4) is 0 Å². The van der Waals surface area contributed by atoms with Crippen molar-refractivity contribution in [2.45, 2.75) is 24.9 Å². The lowest BCUT2D eigenvalue weighted by Crippen LogP contribution is -2.55. The Hall–Kier alpha value is -1.10. The highest BCUT2D eigenvalue weighted by molar-refractivity contribution is 6.03. The summed E-state index contributed by atoms with van der Waals surface area (Å²) in [6, 6.07) is 0. The van der Waals surface area contributed by atoms with Gasteiger partial charge in [0.05, 0.1) is 19.6 Å². The van der Waals surface area contributed by atoms with Crippen LogP contribution in [0.2, 0.25) is 0 Å². The zero-order valence-corrected chi connectivity index (χ0v) is 9.34. The van der Waals surface area contributed by atoms with E-state index in [9.17, 15) is 0 Å². The second-order valence-electron chi connectivity index (χ2n) is 4.35. The van der Waals surface area contributed by atoms with Gasteiger partial charge in [-0.1, -0.05) is 0 Å². The first-order valence-electron chi connectivity index (χ1n) is 5.31. The number of amidine groups is 2. The molecule has 0 aliphatic carbocycles. The molecular weight excluding hydrogens is 192 g/mol. The topological polar surface area (TPSA) is 60.7 Å². The van der Waals surface area contributed by atoms with Crippen LogP contribution in [0.1, 0.15) is 19.3 Å². The Bertz CT molecular complexity index is 292. The van der Waals surface area contributed by atoms with E-state index in [-0.39, 0.29) is 5.66 Å². The van der Waals surface area contributed by atoms with Crippen molar-refractivity contribution in [3.05, 3.63) is 0 Å². The minimum atomic E-state index is -0.271. The molecule has 5 heteroatoms. The summed E-state index contributed by atoms with van der Waals surface area (Å²) in [4.78, 5) is 6.73. The average molecular weight is 210 g/mol. The summed E-state index contributed by atoms with van der Waals surface area (Å²) < 4.78 is 5.33. The van der Waals surface area contributed by atoms with Crippen LogP contribution in [0.5, 0.6) is 0 Å². The summed E-state index contributed by atoms with van der Waals surface area (Å²) in [5, 5.41) is 11.0. The second-order valence-corrected chi connectivity index (χ2v) is 4.35. The smallest absolute Gasteiger partial charge is 0.136 e. The van der Waals surface area contributed by atoms with Crippen molar-refractivity contribution in [1.29, 1.82) is 5.41 Å². The van der Waals surface area contributed by atoms with Crippen LogP contribution in [0.4, 0.5) is 0 Å². The Morgan fingerprint density at radius 3 is 2.67 bits per heavy atom.